The molecule has 1 atom stereocenters. The zero-order chi connectivity index (χ0) is 14.8. The van der Waals surface area contributed by atoms with Crippen LogP contribution < -0.4 is 14.8 Å². The molecule has 2 aromatic carbocycles. The number of ether oxygens (including phenoxy) is 2. The van der Waals surface area contributed by atoms with Crippen molar-refractivity contribution in [2.75, 3.05) is 18.7 Å². The Morgan fingerprint density at radius 2 is 1.90 bits per heavy atom. The van der Waals surface area contributed by atoms with Crippen LogP contribution in [0.4, 0.5) is 5.69 Å². The van der Waals surface area contributed by atoms with Crippen LogP contribution in [0.2, 0.25) is 10.0 Å². The van der Waals surface area contributed by atoms with Crippen LogP contribution in [-0.2, 0) is 0 Å². The van der Waals surface area contributed by atoms with E-state index in [4.69, 9.17) is 32.7 Å². The quantitative estimate of drug-likeness (QED) is 0.896. The third kappa shape index (κ3) is 3.02. The molecule has 0 saturated carbocycles. The molecule has 0 saturated heterocycles. The third-order valence-corrected chi connectivity index (χ3v) is 3.75. The zero-order valence-electron chi connectivity index (χ0n) is 11.0. The minimum atomic E-state index is -0.307. The van der Waals surface area contributed by atoms with E-state index in [0.717, 1.165) is 11.3 Å². The molecule has 3 rings (SSSR count). The molecule has 0 aliphatic carbocycles. The number of hydrogen-bond acceptors (Lipinski definition) is 4. The fourth-order valence-electron chi connectivity index (χ4n) is 2.17. The van der Waals surface area contributed by atoms with Gasteiger partial charge in [-0.1, -0.05) is 23.2 Å². The maximum atomic E-state index is 9.63. The molecule has 0 radical (unpaired) electrons. The van der Waals surface area contributed by atoms with Crippen molar-refractivity contribution in [1.29, 1.82) is 0 Å². The average Bonchev–Trinajstić information content (AvgIpc) is 2.95. The fraction of sp³-hybridized carbons (Fsp3) is 0.200. The summed E-state index contributed by atoms with van der Waals surface area (Å²) in [6, 6.07) is 10.5. The topological polar surface area (TPSA) is 50.7 Å². The number of fused-ring (bicyclic) bond motifs is 1. The monoisotopic (exact) mass is 325 g/mol. The average molecular weight is 326 g/mol. The van der Waals surface area contributed by atoms with Gasteiger partial charge in [0.25, 0.3) is 0 Å². The second kappa shape index (κ2) is 6.02. The first-order valence-corrected chi connectivity index (χ1v) is 7.15. The van der Waals surface area contributed by atoms with E-state index in [1.165, 1.54) is 0 Å². The third-order valence-electron chi connectivity index (χ3n) is 3.22. The number of halogens is 2. The van der Waals surface area contributed by atoms with Crippen molar-refractivity contribution in [2.24, 2.45) is 0 Å². The second-order valence-corrected chi connectivity index (χ2v) is 5.47. The smallest absolute Gasteiger partial charge is 0.231 e. The van der Waals surface area contributed by atoms with Gasteiger partial charge in [0.2, 0.25) is 6.79 Å². The van der Waals surface area contributed by atoms with Gasteiger partial charge in [0.05, 0.1) is 17.7 Å². The van der Waals surface area contributed by atoms with Crippen LogP contribution in [0, 0.1) is 0 Å². The molecule has 1 aliphatic rings. The lowest BCUT2D eigenvalue weighted by molar-refractivity contribution is 0.174. The summed E-state index contributed by atoms with van der Waals surface area (Å²) in [5, 5.41) is 14.0. The molecule has 0 aromatic heterocycles. The Labute approximate surface area is 132 Å². The van der Waals surface area contributed by atoms with Gasteiger partial charge in [0, 0.05) is 10.7 Å². The highest BCUT2D eigenvalue weighted by atomic mass is 35.5. The minimum absolute atomic E-state index is 0.0847. The molecule has 0 spiro atoms. The molecule has 110 valence electrons. The van der Waals surface area contributed by atoms with Crippen LogP contribution in [0.25, 0.3) is 0 Å². The number of benzene rings is 2. The largest absolute Gasteiger partial charge is 0.454 e. The van der Waals surface area contributed by atoms with Crippen molar-refractivity contribution in [2.45, 2.75) is 6.04 Å². The normalized spacial score (nSPS) is 14.0. The molecular weight excluding hydrogens is 313 g/mol. The Hall–Kier alpha value is -1.62. The van der Waals surface area contributed by atoms with Gasteiger partial charge in [-0.15, -0.1) is 0 Å². The van der Waals surface area contributed by atoms with Gasteiger partial charge in [0.15, 0.2) is 11.5 Å². The summed E-state index contributed by atoms with van der Waals surface area (Å²) in [7, 11) is 0. The molecule has 0 fully saturated rings. The molecule has 0 amide bonds. The molecule has 6 heteroatoms. The van der Waals surface area contributed by atoms with Crippen LogP contribution in [-0.4, -0.2) is 18.5 Å². The second-order valence-electron chi connectivity index (χ2n) is 4.62. The number of anilines is 1. The summed E-state index contributed by atoms with van der Waals surface area (Å²) in [5.41, 5.74) is 1.67. The molecule has 4 nitrogen and oxygen atoms in total. The summed E-state index contributed by atoms with van der Waals surface area (Å²) in [4.78, 5) is 0. The number of aliphatic hydroxyl groups is 1. The summed E-state index contributed by atoms with van der Waals surface area (Å²) >= 11 is 12.0. The Balaban J connectivity index is 1.86. The Kier molecular flexibility index (Phi) is 4.10. The highest BCUT2D eigenvalue weighted by Gasteiger charge is 2.21. The molecule has 1 aliphatic heterocycles. The van der Waals surface area contributed by atoms with Crippen LogP contribution in [0.15, 0.2) is 36.4 Å². The van der Waals surface area contributed by atoms with Gasteiger partial charge in [-0.3, -0.25) is 0 Å². The number of nitrogens with one attached hydrogen (secondary N) is 1. The lowest BCUT2D eigenvalue weighted by Crippen LogP contribution is -2.14. The summed E-state index contributed by atoms with van der Waals surface area (Å²) in [6.45, 7) is 0.0749. The number of aliphatic hydroxyl groups excluding tert-OH is 1. The first-order chi connectivity index (χ1) is 10.2. The van der Waals surface area contributed by atoms with Gasteiger partial charge in [-0.2, -0.15) is 0 Å². The minimum Gasteiger partial charge on any atom is -0.454 e. The summed E-state index contributed by atoms with van der Waals surface area (Å²) in [5.74, 6) is 1.14. The van der Waals surface area contributed by atoms with Crippen molar-refractivity contribution < 1.29 is 14.6 Å². The van der Waals surface area contributed by atoms with Gasteiger partial charge in [-0.05, 0) is 42.0 Å². The SMILES string of the molecule is OCC(Nc1ccc(Cl)cc1)c1cc(Cl)c2c(c1)OCO2. The van der Waals surface area contributed by atoms with Crippen LogP contribution in [0.1, 0.15) is 11.6 Å². The number of hydrogen-bond donors (Lipinski definition) is 2. The van der Waals surface area contributed by atoms with Crippen molar-refractivity contribution in [3.05, 3.63) is 52.0 Å². The molecule has 2 aromatic rings. The van der Waals surface area contributed by atoms with Crippen molar-refractivity contribution in [3.63, 3.8) is 0 Å². The lowest BCUT2D eigenvalue weighted by atomic mass is 10.1. The molecular formula is C15H13Cl2NO3. The zero-order valence-corrected chi connectivity index (χ0v) is 12.5. The molecule has 21 heavy (non-hydrogen) atoms. The predicted octanol–water partition coefficient (Wildman–Crippen LogP) is 3.87. The van der Waals surface area contributed by atoms with Gasteiger partial charge < -0.3 is 19.9 Å². The van der Waals surface area contributed by atoms with Crippen molar-refractivity contribution in [1.82, 2.24) is 0 Å². The highest BCUT2D eigenvalue weighted by molar-refractivity contribution is 6.32. The Morgan fingerprint density at radius 3 is 2.62 bits per heavy atom. The fourth-order valence-corrected chi connectivity index (χ4v) is 2.57. The standard InChI is InChI=1S/C15H13Cl2NO3/c16-10-1-3-11(4-2-10)18-13(7-19)9-5-12(17)15-14(6-9)20-8-21-15/h1-6,13,18-19H,7-8H2. The van der Waals surface area contributed by atoms with E-state index >= 15 is 0 Å². The van der Waals surface area contributed by atoms with E-state index in [9.17, 15) is 5.11 Å². The van der Waals surface area contributed by atoms with E-state index in [0.29, 0.717) is 21.5 Å². The molecule has 0 bridgehead atoms. The van der Waals surface area contributed by atoms with Gasteiger partial charge >= 0.3 is 0 Å². The van der Waals surface area contributed by atoms with E-state index in [1.54, 1.807) is 18.2 Å². The van der Waals surface area contributed by atoms with Gasteiger partial charge in [-0.25, -0.2) is 0 Å². The van der Waals surface area contributed by atoms with Crippen LogP contribution in [0.5, 0.6) is 11.5 Å². The first-order valence-electron chi connectivity index (χ1n) is 6.39. The van der Waals surface area contributed by atoms with Crippen molar-refractivity contribution >= 4 is 28.9 Å². The lowest BCUT2D eigenvalue weighted by Gasteiger charge is -2.19. The number of rotatable bonds is 4. The first kappa shape index (κ1) is 14.3. The van der Waals surface area contributed by atoms with Crippen molar-refractivity contribution in [3.8, 4) is 11.5 Å². The summed E-state index contributed by atoms with van der Waals surface area (Å²) < 4.78 is 10.6. The summed E-state index contributed by atoms with van der Waals surface area (Å²) in [6.07, 6.45) is 0. The van der Waals surface area contributed by atoms with Crippen LogP contribution in [0.3, 0.4) is 0 Å². The van der Waals surface area contributed by atoms with E-state index in [2.05, 4.69) is 5.32 Å². The maximum Gasteiger partial charge on any atom is 0.231 e. The maximum absolute atomic E-state index is 9.63. The Bertz CT molecular complexity index is 646. The Morgan fingerprint density at radius 1 is 1.14 bits per heavy atom. The van der Waals surface area contributed by atoms with E-state index in [-0.39, 0.29) is 19.4 Å². The predicted molar refractivity (Wildman–Crippen MR) is 82.5 cm³/mol. The molecule has 1 heterocycles. The van der Waals surface area contributed by atoms with Gasteiger partial charge in [0.1, 0.15) is 0 Å². The molecule has 2 N–H and O–H groups in total. The molecule has 1 unspecified atom stereocenters. The highest BCUT2D eigenvalue weighted by Crippen LogP contribution is 2.41. The van der Waals surface area contributed by atoms with E-state index in [1.807, 2.05) is 18.2 Å². The van der Waals surface area contributed by atoms with E-state index < -0.39 is 0 Å². The van der Waals surface area contributed by atoms with Crippen LogP contribution >= 0.6 is 23.2 Å².